The lowest BCUT2D eigenvalue weighted by molar-refractivity contribution is -0.147. The Morgan fingerprint density at radius 1 is 1.45 bits per heavy atom. The van der Waals surface area contributed by atoms with Crippen molar-refractivity contribution in [1.82, 2.24) is 10.6 Å². The summed E-state index contributed by atoms with van der Waals surface area (Å²) in [7, 11) is 0. The number of halogens is 1. The van der Waals surface area contributed by atoms with Gasteiger partial charge in [0.2, 0.25) is 0 Å². The van der Waals surface area contributed by atoms with E-state index in [2.05, 4.69) is 33.1 Å². The van der Waals surface area contributed by atoms with Crippen molar-refractivity contribution in [3.05, 3.63) is 46.6 Å². The number of carbonyl (C=O) groups excluding carboxylic acids is 1. The van der Waals surface area contributed by atoms with Crippen molar-refractivity contribution < 1.29 is 9.53 Å². The van der Waals surface area contributed by atoms with Gasteiger partial charge in [-0.1, -0.05) is 34.6 Å². The van der Waals surface area contributed by atoms with Gasteiger partial charge in [-0.15, -0.1) is 0 Å². The normalized spacial score (nSPS) is 21.9. The van der Waals surface area contributed by atoms with E-state index in [0.29, 0.717) is 17.4 Å². The summed E-state index contributed by atoms with van der Waals surface area (Å²) in [5.41, 5.74) is 1.51. The summed E-state index contributed by atoms with van der Waals surface area (Å²) in [6.45, 7) is 6.01. The van der Waals surface area contributed by atoms with E-state index >= 15 is 0 Å². The van der Waals surface area contributed by atoms with Crippen molar-refractivity contribution in [2.24, 2.45) is 5.92 Å². The molecule has 2 rings (SSSR count). The molecule has 1 aliphatic heterocycles. The van der Waals surface area contributed by atoms with Gasteiger partial charge in [-0.25, -0.2) is 0 Å². The summed E-state index contributed by atoms with van der Waals surface area (Å²) in [5.74, 6) is -0.823. The van der Waals surface area contributed by atoms with Crippen molar-refractivity contribution >= 4 is 39.2 Å². The van der Waals surface area contributed by atoms with Gasteiger partial charge in [0.05, 0.1) is 12.6 Å². The zero-order chi connectivity index (χ0) is 14.7. The first-order valence-electron chi connectivity index (χ1n) is 6.21. The molecule has 1 heterocycles. The second-order valence-corrected chi connectivity index (χ2v) is 5.71. The van der Waals surface area contributed by atoms with E-state index < -0.39 is 5.92 Å². The lowest BCUT2D eigenvalue weighted by Crippen LogP contribution is -2.50. The molecule has 0 amide bonds. The molecule has 1 aromatic carbocycles. The van der Waals surface area contributed by atoms with Gasteiger partial charge < -0.3 is 15.4 Å². The number of esters is 1. The van der Waals surface area contributed by atoms with Gasteiger partial charge in [0.15, 0.2) is 5.11 Å². The Bertz CT molecular complexity index is 545. The topological polar surface area (TPSA) is 50.4 Å². The third kappa shape index (κ3) is 3.19. The first kappa shape index (κ1) is 15.0. The van der Waals surface area contributed by atoms with Gasteiger partial charge in [0.25, 0.3) is 0 Å². The number of ether oxygens (including phenoxy) is 1. The highest BCUT2D eigenvalue weighted by Gasteiger charge is 2.37. The lowest BCUT2D eigenvalue weighted by atomic mass is 9.89. The quantitative estimate of drug-likeness (QED) is 0.645. The molecule has 106 valence electrons. The van der Waals surface area contributed by atoms with Crippen LogP contribution in [0, 0.1) is 5.92 Å². The van der Waals surface area contributed by atoms with Gasteiger partial charge >= 0.3 is 5.97 Å². The number of nitrogens with one attached hydrogen (secondary N) is 2. The molecule has 0 radical (unpaired) electrons. The van der Waals surface area contributed by atoms with Crippen LogP contribution in [0.2, 0.25) is 0 Å². The van der Waals surface area contributed by atoms with Crippen molar-refractivity contribution in [2.45, 2.75) is 13.0 Å². The zero-order valence-electron chi connectivity index (χ0n) is 11.0. The maximum absolute atomic E-state index is 12.2. The molecule has 1 aromatic rings. The molecule has 0 saturated carbocycles. The van der Waals surface area contributed by atoms with Crippen LogP contribution in [0.5, 0.6) is 0 Å². The van der Waals surface area contributed by atoms with Crippen LogP contribution < -0.4 is 10.6 Å². The molecule has 2 unspecified atom stereocenters. The molecule has 0 aliphatic carbocycles. The monoisotopic (exact) mass is 354 g/mol. The number of benzene rings is 1. The Hall–Kier alpha value is -1.40. The highest BCUT2D eigenvalue weighted by molar-refractivity contribution is 9.10. The summed E-state index contributed by atoms with van der Waals surface area (Å²) >= 11 is 8.54. The van der Waals surface area contributed by atoms with Crippen molar-refractivity contribution in [2.75, 3.05) is 6.61 Å². The molecule has 20 heavy (non-hydrogen) atoms. The number of carbonyl (C=O) groups is 1. The van der Waals surface area contributed by atoms with Crippen LogP contribution in [0.4, 0.5) is 0 Å². The molecule has 2 atom stereocenters. The lowest BCUT2D eigenvalue weighted by Gasteiger charge is -2.34. The fourth-order valence-electron chi connectivity index (χ4n) is 2.14. The highest BCUT2D eigenvalue weighted by atomic mass is 79.9. The number of thiocarbonyl (C=S) groups is 1. The Labute approximate surface area is 131 Å². The minimum Gasteiger partial charge on any atom is -0.465 e. The molecule has 2 N–H and O–H groups in total. The molecule has 0 aromatic heterocycles. The van der Waals surface area contributed by atoms with E-state index in [9.17, 15) is 4.79 Å². The van der Waals surface area contributed by atoms with Crippen LogP contribution >= 0.6 is 28.1 Å². The highest BCUT2D eigenvalue weighted by Crippen LogP contribution is 2.31. The number of rotatable bonds is 3. The number of hydrogen-bond donors (Lipinski definition) is 2. The van der Waals surface area contributed by atoms with E-state index in [1.807, 2.05) is 24.3 Å². The maximum atomic E-state index is 12.2. The fourth-order valence-corrected chi connectivity index (χ4v) is 2.66. The first-order chi connectivity index (χ1) is 9.52. The SMILES string of the molecule is C=C1NC(=S)NC(c2ccc(Br)cc2)C1C(=O)OCC. The average molecular weight is 355 g/mol. The summed E-state index contributed by atoms with van der Waals surface area (Å²) in [4.78, 5) is 12.2. The Morgan fingerprint density at radius 2 is 2.10 bits per heavy atom. The smallest absolute Gasteiger partial charge is 0.317 e. The van der Waals surface area contributed by atoms with Crippen LogP contribution in [0.1, 0.15) is 18.5 Å². The predicted molar refractivity (Wildman–Crippen MR) is 85.0 cm³/mol. The van der Waals surface area contributed by atoms with Gasteiger partial charge in [-0.3, -0.25) is 4.79 Å². The van der Waals surface area contributed by atoms with Crippen LogP contribution in [0.25, 0.3) is 0 Å². The standard InChI is InChI=1S/C14H15BrN2O2S/c1-3-19-13(18)11-8(2)16-14(20)17-12(11)9-4-6-10(15)7-5-9/h4-7,11-12H,2-3H2,1H3,(H2,16,17,20). The van der Waals surface area contributed by atoms with Crippen LogP contribution in [0.15, 0.2) is 41.0 Å². The minimum atomic E-state index is -0.511. The van der Waals surface area contributed by atoms with Crippen LogP contribution in [-0.2, 0) is 9.53 Å². The predicted octanol–water partition coefficient (Wildman–Crippen LogP) is 2.66. The molecule has 1 fully saturated rings. The molecule has 0 spiro atoms. The molecule has 6 heteroatoms. The van der Waals surface area contributed by atoms with Gasteiger partial charge in [0.1, 0.15) is 5.92 Å². The van der Waals surface area contributed by atoms with Crippen LogP contribution in [-0.4, -0.2) is 17.7 Å². The van der Waals surface area contributed by atoms with E-state index in [0.717, 1.165) is 10.0 Å². The summed E-state index contributed by atoms with van der Waals surface area (Å²) in [5, 5.41) is 6.47. The summed E-state index contributed by atoms with van der Waals surface area (Å²) < 4.78 is 6.11. The average Bonchev–Trinajstić information content (AvgIpc) is 2.38. The van der Waals surface area contributed by atoms with Gasteiger partial charge in [-0.2, -0.15) is 0 Å². The molecule has 1 saturated heterocycles. The molecular weight excluding hydrogens is 340 g/mol. The maximum Gasteiger partial charge on any atom is 0.317 e. The minimum absolute atomic E-state index is 0.275. The van der Waals surface area contributed by atoms with Gasteiger partial charge in [0, 0.05) is 10.2 Å². The summed E-state index contributed by atoms with van der Waals surface area (Å²) in [6.07, 6.45) is 0. The largest absolute Gasteiger partial charge is 0.465 e. The van der Waals surface area contributed by atoms with E-state index in [1.165, 1.54) is 0 Å². The third-order valence-electron chi connectivity index (χ3n) is 3.04. The molecule has 4 nitrogen and oxygen atoms in total. The van der Waals surface area contributed by atoms with E-state index in [1.54, 1.807) is 6.92 Å². The second kappa shape index (κ2) is 6.37. The second-order valence-electron chi connectivity index (χ2n) is 4.38. The Kier molecular flexibility index (Phi) is 4.77. The first-order valence-corrected chi connectivity index (χ1v) is 7.41. The van der Waals surface area contributed by atoms with Crippen LogP contribution in [0.3, 0.4) is 0 Å². The number of hydrogen-bond acceptors (Lipinski definition) is 3. The van der Waals surface area contributed by atoms with Crippen molar-refractivity contribution in [3.63, 3.8) is 0 Å². The zero-order valence-corrected chi connectivity index (χ0v) is 13.4. The summed E-state index contributed by atoms with van der Waals surface area (Å²) in [6, 6.07) is 7.45. The Balaban J connectivity index is 2.33. The van der Waals surface area contributed by atoms with Gasteiger partial charge in [-0.05, 0) is 36.8 Å². The third-order valence-corrected chi connectivity index (χ3v) is 3.79. The Morgan fingerprint density at radius 3 is 2.70 bits per heavy atom. The van der Waals surface area contributed by atoms with Crippen molar-refractivity contribution in [1.29, 1.82) is 0 Å². The molecule has 1 aliphatic rings. The van der Waals surface area contributed by atoms with E-state index in [4.69, 9.17) is 17.0 Å². The molecular formula is C14H15BrN2O2S. The van der Waals surface area contributed by atoms with Crippen molar-refractivity contribution in [3.8, 4) is 0 Å². The molecule has 0 bridgehead atoms. The fraction of sp³-hybridized carbons (Fsp3) is 0.286. The van der Waals surface area contributed by atoms with E-state index in [-0.39, 0.29) is 12.0 Å².